The average Bonchev–Trinajstić information content (AvgIpc) is 3.19. The second-order valence-corrected chi connectivity index (χ2v) is 7.48. The number of carbonyl (C=O) groups is 2. The first-order valence-corrected chi connectivity index (χ1v) is 10.0. The number of carbonyl (C=O) groups excluding carboxylic acids is 2. The summed E-state index contributed by atoms with van der Waals surface area (Å²) in [6.07, 6.45) is 0. The molecule has 1 heterocycles. The summed E-state index contributed by atoms with van der Waals surface area (Å²) in [5.41, 5.74) is 2.31. The fourth-order valence-corrected chi connectivity index (χ4v) is 3.22. The molecule has 7 heteroatoms. The summed E-state index contributed by atoms with van der Waals surface area (Å²) in [6.45, 7) is -0.147. The summed E-state index contributed by atoms with van der Waals surface area (Å²) >= 11 is 3.35. The van der Waals surface area contributed by atoms with Crippen LogP contribution in [0.25, 0.3) is 10.9 Å². The summed E-state index contributed by atoms with van der Waals surface area (Å²) in [4.78, 5) is 28.1. The molecule has 0 aliphatic rings. The molecule has 0 aliphatic heterocycles. The van der Waals surface area contributed by atoms with Gasteiger partial charge in [-0.05, 0) is 48.5 Å². The SMILES string of the molecule is O=C(COc1ccc(Br)cc1)Nc1ccccc1NC(=O)c1cc2ccccc2[nH]1. The van der Waals surface area contributed by atoms with Crippen LogP contribution >= 0.6 is 15.9 Å². The number of rotatable bonds is 6. The van der Waals surface area contributed by atoms with E-state index in [1.807, 2.05) is 36.4 Å². The molecule has 0 spiro atoms. The van der Waals surface area contributed by atoms with E-state index in [1.54, 1.807) is 42.5 Å². The fraction of sp³-hybridized carbons (Fsp3) is 0.0435. The zero-order chi connectivity index (χ0) is 20.9. The second kappa shape index (κ2) is 8.84. The van der Waals surface area contributed by atoms with Gasteiger partial charge < -0.3 is 20.4 Å². The Morgan fingerprint density at radius 3 is 2.27 bits per heavy atom. The van der Waals surface area contributed by atoms with E-state index in [4.69, 9.17) is 4.74 Å². The average molecular weight is 464 g/mol. The number of fused-ring (bicyclic) bond motifs is 1. The molecule has 3 aromatic carbocycles. The van der Waals surface area contributed by atoms with Gasteiger partial charge in [0, 0.05) is 15.4 Å². The first-order chi connectivity index (χ1) is 14.6. The van der Waals surface area contributed by atoms with Gasteiger partial charge in [-0.2, -0.15) is 0 Å². The second-order valence-electron chi connectivity index (χ2n) is 6.56. The van der Waals surface area contributed by atoms with Gasteiger partial charge in [0.05, 0.1) is 11.4 Å². The Hall–Kier alpha value is -3.58. The highest BCUT2D eigenvalue weighted by Gasteiger charge is 2.13. The van der Waals surface area contributed by atoms with Crippen molar-refractivity contribution < 1.29 is 14.3 Å². The summed E-state index contributed by atoms with van der Waals surface area (Å²) in [5.74, 6) is -0.0296. The zero-order valence-corrected chi connectivity index (χ0v) is 17.4. The van der Waals surface area contributed by atoms with Crippen LogP contribution in [0.15, 0.2) is 83.3 Å². The molecule has 0 saturated heterocycles. The predicted molar refractivity (Wildman–Crippen MR) is 121 cm³/mol. The number of hydrogen-bond acceptors (Lipinski definition) is 3. The van der Waals surface area contributed by atoms with E-state index < -0.39 is 0 Å². The molecular weight excluding hydrogens is 446 g/mol. The van der Waals surface area contributed by atoms with Crippen molar-refractivity contribution >= 4 is 50.0 Å². The van der Waals surface area contributed by atoms with E-state index >= 15 is 0 Å². The Morgan fingerprint density at radius 2 is 1.53 bits per heavy atom. The zero-order valence-electron chi connectivity index (χ0n) is 15.8. The van der Waals surface area contributed by atoms with Crippen LogP contribution < -0.4 is 15.4 Å². The van der Waals surface area contributed by atoms with Crippen LogP contribution in [0.2, 0.25) is 0 Å². The van der Waals surface area contributed by atoms with Gasteiger partial charge in [-0.15, -0.1) is 0 Å². The fourth-order valence-electron chi connectivity index (χ4n) is 2.95. The number of hydrogen-bond donors (Lipinski definition) is 3. The number of ether oxygens (including phenoxy) is 1. The van der Waals surface area contributed by atoms with Crippen LogP contribution in [-0.4, -0.2) is 23.4 Å². The normalized spacial score (nSPS) is 10.6. The molecule has 4 aromatic rings. The molecule has 3 N–H and O–H groups in total. The van der Waals surface area contributed by atoms with Crippen molar-refractivity contribution in [2.75, 3.05) is 17.2 Å². The van der Waals surface area contributed by atoms with Crippen molar-refractivity contribution in [2.45, 2.75) is 0 Å². The molecule has 0 saturated carbocycles. The molecule has 0 bridgehead atoms. The molecule has 0 unspecified atom stereocenters. The Labute approximate surface area is 181 Å². The summed E-state index contributed by atoms with van der Waals surface area (Å²) in [5, 5.41) is 6.57. The molecule has 0 atom stereocenters. The van der Waals surface area contributed by atoms with Crippen LogP contribution in [0.3, 0.4) is 0 Å². The number of nitrogens with one attached hydrogen (secondary N) is 3. The van der Waals surface area contributed by atoms with Crippen molar-refractivity contribution in [2.24, 2.45) is 0 Å². The minimum Gasteiger partial charge on any atom is -0.484 e. The third-order valence-corrected chi connectivity index (χ3v) is 4.94. The van der Waals surface area contributed by atoms with E-state index in [0.29, 0.717) is 22.8 Å². The molecule has 4 rings (SSSR count). The smallest absolute Gasteiger partial charge is 0.272 e. The van der Waals surface area contributed by atoms with Crippen molar-refractivity contribution in [1.82, 2.24) is 4.98 Å². The van der Waals surface area contributed by atoms with Crippen LogP contribution in [0, 0.1) is 0 Å². The summed E-state index contributed by atoms with van der Waals surface area (Å²) in [7, 11) is 0. The molecule has 1 aromatic heterocycles. The van der Waals surface area contributed by atoms with Crippen molar-refractivity contribution in [3.05, 3.63) is 89.0 Å². The Bertz CT molecular complexity index is 1170. The largest absolute Gasteiger partial charge is 0.484 e. The van der Waals surface area contributed by atoms with Gasteiger partial charge in [-0.3, -0.25) is 9.59 Å². The summed E-state index contributed by atoms with van der Waals surface area (Å²) in [6, 6.07) is 23.7. The van der Waals surface area contributed by atoms with Crippen molar-refractivity contribution in [3.63, 3.8) is 0 Å². The number of aromatic amines is 1. The van der Waals surface area contributed by atoms with E-state index in [0.717, 1.165) is 15.4 Å². The van der Waals surface area contributed by atoms with Crippen molar-refractivity contribution in [3.8, 4) is 5.75 Å². The lowest BCUT2D eigenvalue weighted by atomic mass is 10.2. The first kappa shape index (κ1) is 19.7. The van der Waals surface area contributed by atoms with E-state index in [2.05, 4.69) is 31.5 Å². The number of amides is 2. The minimum absolute atomic E-state index is 0.147. The Kier molecular flexibility index (Phi) is 5.81. The standard InChI is InChI=1S/C23H18BrN3O3/c24-16-9-11-17(12-10-16)30-14-22(28)26-19-7-3-4-8-20(19)27-23(29)21-13-15-5-1-2-6-18(15)25-21/h1-13,25H,14H2,(H,26,28)(H,27,29). The topological polar surface area (TPSA) is 83.2 Å². The van der Waals surface area contributed by atoms with Gasteiger partial charge in [0.1, 0.15) is 11.4 Å². The molecular formula is C23H18BrN3O3. The van der Waals surface area contributed by atoms with Crippen LogP contribution in [0.1, 0.15) is 10.5 Å². The maximum absolute atomic E-state index is 12.7. The highest BCUT2D eigenvalue weighted by molar-refractivity contribution is 9.10. The monoisotopic (exact) mass is 463 g/mol. The van der Waals surface area contributed by atoms with E-state index in [-0.39, 0.29) is 18.4 Å². The molecule has 30 heavy (non-hydrogen) atoms. The van der Waals surface area contributed by atoms with Crippen LogP contribution in [-0.2, 0) is 4.79 Å². The number of aromatic nitrogens is 1. The van der Waals surface area contributed by atoms with Crippen LogP contribution in [0.5, 0.6) is 5.75 Å². The molecule has 2 amide bonds. The number of para-hydroxylation sites is 3. The highest BCUT2D eigenvalue weighted by Crippen LogP contribution is 2.23. The molecule has 0 fully saturated rings. The van der Waals surface area contributed by atoms with E-state index in [1.165, 1.54) is 0 Å². The predicted octanol–water partition coefficient (Wildman–Crippen LogP) is 5.20. The quantitative estimate of drug-likeness (QED) is 0.367. The molecule has 6 nitrogen and oxygen atoms in total. The maximum Gasteiger partial charge on any atom is 0.272 e. The van der Waals surface area contributed by atoms with Crippen LogP contribution in [0.4, 0.5) is 11.4 Å². The Balaban J connectivity index is 1.42. The van der Waals surface area contributed by atoms with Gasteiger partial charge in [-0.1, -0.05) is 46.3 Å². The van der Waals surface area contributed by atoms with Gasteiger partial charge >= 0.3 is 0 Å². The maximum atomic E-state index is 12.7. The van der Waals surface area contributed by atoms with Gasteiger partial charge in [0.15, 0.2) is 6.61 Å². The lowest BCUT2D eigenvalue weighted by Crippen LogP contribution is -2.21. The number of anilines is 2. The molecule has 0 radical (unpaired) electrons. The lowest BCUT2D eigenvalue weighted by molar-refractivity contribution is -0.118. The van der Waals surface area contributed by atoms with Gasteiger partial charge in [0.25, 0.3) is 11.8 Å². The first-order valence-electron chi connectivity index (χ1n) is 9.25. The van der Waals surface area contributed by atoms with Crippen molar-refractivity contribution in [1.29, 1.82) is 0 Å². The molecule has 0 aliphatic carbocycles. The lowest BCUT2D eigenvalue weighted by Gasteiger charge is -2.12. The van der Waals surface area contributed by atoms with Gasteiger partial charge in [0.2, 0.25) is 0 Å². The minimum atomic E-state index is -0.328. The summed E-state index contributed by atoms with van der Waals surface area (Å²) < 4.78 is 6.42. The number of halogens is 1. The Morgan fingerprint density at radius 1 is 0.867 bits per heavy atom. The van der Waals surface area contributed by atoms with Gasteiger partial charge in [-0.25, -0.2) is 0 Å². The number of H-pyrrole nitrogens is 1. The third-order valence-electron chi connectivity index (χ3n) is 4.41. The van der Waals surface area contributed by atoms with E-state index in [9.17, 15) is 9.59 Å². The number of benzene rings is 3. The highest BCUT2D eigenvalue weighted by atomic mass is 79.9. The third kappa shape index (κ3) is 4.69. The molecule has 150 valence electrons.